The van der Waals surface area contributed by atoms with Gasteiger partial charge in [-0.2, -0.15) is 0 Å². The second-order valence-electron chi connectivity index (χ2n) is 7.92. The van der Waals surface area contributed by atoms with Crippen LogP contribution in [-0.2, 0) is 27.3 Å². The van der Waals surface area contributed by atoms with Gasteiger partial charge in [-0.05, 0) is 49.7 Å². The minimum atomic E-state index is -0.943. The normalized spacial score (nSPS) is 11.6. The lowest BCUT2D eigenvalue weighted by molar-refractivity contribution is -0.150. The van der Waals surface area contributed by atoms with Crippen molar-refractivity contribution in [3.63, 3.8) is 0 Å². The van der Waals surface area contributed by atoms with E-state index in [1.807, 2.05) is 24.3 Å². The molecular weight excluding hydrogens is 438 g/mol. The smallest absolute Gasteiger partial charge is 0.313 e. The number of hydrogen-bond donors (Lipinski definition) is 2. The second kappa shape index (κ2) is 9.24. The number of phenols is 1. The highest BCUT2D eigenvalue weighted by atomic mass is 35.5. The number of methoxy groups -OCH3 is 1. The molecule has 0 unspecified atom stereocenters. The summed E-state index contributed by atoms with van der Waals surface area (Å²) in [7, 11) is 1.35. The Hall–Kier alpha value is -2.64. The Balaban J connectivity index is 2.21. The quantitative estimate of drug-likeness (QED) is 0.364. The number of carbonyl (C=O) groups is 2. The molecule has 3 aromatic rings. The molecule has 1 heterocycles. The highest BCUT2D eigenvalue weighted by molar-refractivity contribution is 8.00. The standard InChI is InChI=1S/C23H24ClNO5S/c1-23(2,22(29)30-3)11-19-21(31-13-20(27)28)17-10-16(26)8-9-18(17)25(19)12-14-4-6-15(24)7-5-14/h4-10,26H,11-13H2,1-3H3,(H,27,28). The summed E-state index contributed by atoms with van der Waals surface area (Å²) in [6, 6.07) is 12.5. The van der Waals surface area contributed by atoms with E-state index in [0.717, 1.165) is 27.1 Å². The number of esters is 1. The first kappa shape index (κ1) is 23.0. The maximum Gasteiger partial charge on any atom is 0.313 e. The van der Waals surface area contributed by atoms with Crippen LogP contribution >= 0.6 is 23.4 Å². The molecule has 0 amide bonds. The van der Waals surface area contributed by atoms with Gasteiger partial charge in [0.15, 0.2) is 0 Å². The molecule has 6 nitrogen and oxygen atoms in total. The van der Waals surface area contributed by atoms with Crippen molar-refractivity contribution in [2.75, 3.05) is 12.9 Å². The fraction of sp³-hybridized carbons (Fsp3) is 0.304. The number of aromatic hydroxyl groups is 1. The minimum absolute atomic E-state index is 0.0899. The van der Waals surface area contributed by atoms with Crippen LogP contribution in [0.5, 0.6) is 5.75 Å². The maximum atomic E-state index is 12.4. The molecule has 0 radical (unpaired) electrons. The van der Waals surface area contributed by atoms with E-state index in [1.165, 1.54) is 18.9 Å². The van der Waals surface area contributed by atoms with Crippen molar-refractivity contribution < 1.29 is 24.5 Å². The lowest BCUT2D eigenvalue weighted by Crippen LogP contribution is -2.29. The van der Waals surface area contributed by atoms with Gasteiger partial charge in [-0.25, -0.2) is 0 Å². The number of carboxylic acid groups (broad SMARTS) is 1. The van der Waals surface area contributed by atoms with Crippen LogP contribution in [0.1, 0.15) is 25.1 Å². The van der Waals surface area contributed by atoms with Crippen molar-refractivity contribution >= 4 is 46.2 Å². The third-order valence-electron chi connectivity index (χ3n) is 5.04. The third-order valence-corrected chi connectivity index (χ3v) is 6.43. The van der Waals surface area contributed by atoms with E-state index in [0.29, 0.717) is 18.0 Å². The topological polar surface area (TPSA) is 88.8 Å². The van der Waals surface area contributed by atoms with Gasteiger partial charge in [0.2, 0.25) is 0 Å². The monoisotopic (exact) mass is 461 g/mol. The summed E-state index contributed by atoms with van der Waals surface area (Å²) in [5, 5.41) is 20.7. The lowest BCUT2D eigenvalue weighted by atomic mass is 9.87. The fourth-order valence-corrected chi connectivity index (χ4v) is 4.62. The van der Waals surface area contributed by atoms with Crippen LogP contribution in [0.3, 0.4) is 0 Å². The summed E-state index contributed by atoms with van der Waals surface area (Å²) >= 11 is 7.21. The molecule has 2 N–H and O–H groups in total. The number of ether oxygens (including phenoxy) is 1. The van der Waals surface area contributed by atoms with Crippen LogP contribution < -0.4 is 0 Å². The fourth-order valence-electron chi connectivity index (χ4n) is 3.56. The van der Waals surface area contributed by atoms with Crippen molar-refractivity contribution in [2.24, 2.45) is 5.41 Å². The van der Waals surface area contributed by atoms with E-state index in [2.05, 4.69) is 4.57 Å². The van der Waals surface area contributed by atoms with Crippen LogP contribution in [0.2, 0.25) is 5.02 Å². The van der Waals surface area contributed by atoms with Crippen molar-refractivity contribution in [1.29, 1.82) is 0 Å². The summed E-state index contributed by atoms with van der Waals surface area (Å²) in [5.41, 5.74) is 1.83. The van der Waals surface area contributed by atoms with E-state index in [4.69, 9.17) is 16.3 Å². The van der Waals surface area contributed by atoms with Gasteiger partial charge in [-0.3, -0.25) is 9.59 Å². The summed E-state index contributed by atoms with van der Waals surface area (Å²) in [6.45, 7) is 4.09. The number of hydrogen-bond acceptors (Lipinski definition) is 5. The van der Waals surface area contributed by atoms with Crippen LogP contribution in [0.25, 0.3) is 10.9 Å². The molecule has 0 atom stereocenters. The number of benzene rings is 2. The third kappa shape index (κ3) is 5.17. The van der Waals surface area contributed by atoms with Crippen molar-refractivity contribution in [2.45, 2.75) is 31.7 Å². The molecule has 0 fully saturated rings. The molecule has 0 spiro atoms. The maximum absolute atomic E-state index is 12.4. The summed E-state index contributed by atoms with van der Waals surface area (Å²) in [5.74, 6) is -1.34. The predicted molar refractivity (Wildman–Crippen MR) is 122 cm³/mol. The summed E-state index contributed by atoms with van der Waals surface area (Å²) in [6.07, 6.45) is 0.338. The van der Waals surface area contributed by atoms with Gasteiger partial charge in [0.05, 0.1) is 18.3 Å². The molecule has 1 aromatic heterocycles. The SMILES string of the molecule is COC(=O)C(C)(C)Cc1c(SCC(=O)O)c2cc(O)ccc2n1Cc1ccc(Cl)cc1. The Kier molecular flexibility index (Phi) is 6.86. The number of rotatable bonds is 8. The number of carboxylic acids is 1. The minimum Gasteiger partial charge on any atom is -0.508 e. The van der Waals surface area contributed by atoms with Gasteiger partial charge in [0, 0.05) is 39.5 Å². The summed E-state index contributed by atoms with van der Waals surface area (Å²) < 4.78 is 7.05. The number of fused-ring (bicyclic) bond motifs is 1. The zero-order chi connectivity index (χ0) is 22.8. The van der Waals surface area contributed by atoms with Crippen molar-refractivity contribution in [3.05, 3.63) is 58.7 Å². The molecular formula is C23H24ClNO5S. The Morgan fingerprint density at radius 1 is 1.16 bits per heavy atom. The van der Waals surface area contributed by atoms with Crippen molar-refractivity contribution in [1.82, 2.24) is 4.57 Å². The molecule has 31 heavy (non-hydrogen) atoms. The number of carbonyl (C=O) groups excluding carboxylic acids is 1. The molecule has 0 aliphatic carbocycles. The van der Waals surface area contributed by atoms with E-state index in [-0.39, 0.29) is 17.5 Å². The lowest BCUT2D eigenvalue weighted by Gasteiger charge is -2.23. The van der Waals surface area contributed by atoms with Gasteiger partial charge in [0.25, 0.3) is 0 Å². The molecule has 0 saturated carbocycles. The zero-order valence-corrected chi connectivity index (χ0v) is 19.1. The average Bonchev–Trinajstić information content (AvgIpc) is 2.98. The molecule has 164 valence electrons. The average molecular weight is 462 g/mol. The molecule has 0 aliphatic rings. The van der Waals surface area contributed by atoms with Crippen LogP contribution in [-0.4, -0.2) is 39.6 Å². The molecule has 0 aliphatic heterocycles. The summed E-state index contributed by atoms with van der Waals surface area (Å²) in [4.78, 5) is 24.4. The number of thioether (sulfide) groups is 1. The predicted octanol–water partition coefficient (Wildman–Crippen LogP) is 4.97. The second-order valence-corrected chi connectivity index (χ2v) is 9.35. The van der Waals surface area contributed by atoms with Crippen LogP contribution in [0.4, 0.5) is 0 Å². The highest BCUT2D eigenvalue weighted by Crippen LogP contribution is 2.40. The Morgan fingerprint density at radius 3 is 2.45 bits per heavy atom. The van der Waals surface area contributed by atoms with Gasteiger partial charge in [0.1, 0.15) is 5.75 Å². The number of aliphatic carboxylic acids is 1. The Morgan fingerprint density at radius 2 is 1.84 bits per heavy atom. The van der Waals surface area contributed by atoms with Gasteiger partial charge >= 0.3 is 11.9 Å². The first-order chi connectivity index (χ1) is 14.6. The number of nitrogens with zero attached hydrogens (tertiary/aromatic N) is 1. The van der Waals surface area contributed by atoms with E-state index in [9.17, 15) is 19.8 Å². The Bertz CT molecular complexity index is 1120. The molecule has 2 aromatic carbocycles. The molecule has 3 rings (SSSR count). The first-order valence-electron chi connectivity index (χ1n) is 9.64. The van der Waals surface area contributed by atoms with Gasteiger partial charge < -0.3 is 19.5 Å². The highest BCUT2D eigenvalue weighted by Gasteiger charge is 2.33. The largest absolute Gasteiger partial charge is 0.508 e. The van der Waals surface area contributed by atoms with E-state index < -0.39 is 11.4 Å². The number of phenolic OH excluding ortho intramolecular Hbond substituents is 1. The van der Waals surface area contributed by atoms with Crippen LogP contribution in [0, 0.1) is 5.41 Å². The Labute approximate surface area is 189 Å². The van der Waals surface area contributed by atoms with Gasteiger partial charge in [-0.1, -0.05) is 23.7 Å². The van der Waals surface area contributed by atoms with Crippen molar-refractivity contribution in [3.8, 4) is 5.75 Å². The number of aromatic nitrogens is 1. The molecule has 0 saturated heterocycles. The van der Waals surface area contributed by atoms with Crippen LogP contribution in [0.15, 0.2) is 47.4 Å². The first-order valence-corrected chi connectivity index (χ1v) is 11.0. The molecule has 8 heteroatoms. The van der Waals surface area contributed by atoms with E-state index in [1.54, 1.807) is 32.0 Å². The van der Waals surface area contributed by atoms with E-state index >= 15 is 0 Å². The molecule has 0 bridgehead atoms. The number of halogens is 1. The van der Waals surface area contributed by atoms with Gasteiger partial charge in [-0.15, -0.1) is 11.8 Å². The zero-order valence-electron chi connectivity index (χ0n) is 17.5.